The van der Waals surface area contributed by atoms with Crippen molar-refractivity contribution in [1.82, 2.24) is 9.97 Å². The van der Waals surface area contributed by atoms with Crippen LogP contribution in [0.3, 0.4) is 0 Å². The van der Waals surface area contributed by atoms with Crippen LogP contribution in [-0.4, -0.2) is 9.97 Å². The van der Waals surface area contributed by atoms with E-state index in [9.17, 15) is 0 Å². The summed E-state index contributed by atoms with van der Waals surface area (Å²) < 4.78 is 5.53. The van der Waals surface area contributed by atoms with Crippen molar-refractivity contribution in [3.8, 4) is 11.6 Å². The smallest absolute Gasteiger partial charge is 0.222 e. The van der Waals surface area contributed by atoms with Gasteiger partial charge < -0.3 is 4.74 Å². The van der Waals surface area contributed by atoms with Crippen molar-refractivity contribution in [1.29, 1.82) is 0 Å². The van der Waals surface area contributed by atoms with E-state index in [0.717, 1.165) is 11.3 Å². The quantitative estimate of drug-likeness (QED) is 0.720. The maximum absolute atomic E-state index is 5.53. The minimum atomic E-state index is 0.509. The molecule has 0 N–H and O–H groups in total. The molecule has 1 aromatic carbocycles. The number of nitrogens with zero attached hydrogens (tertiary/aromatic N) is 2. The fraction of sp³-hybridized carbons (Fsp3) is 0.0909. The first-order valence-electron chi connectivity index (χ1n) is 4.28. The maximum atomic E-state index is 5.53. The van der Waals surface area contributed by atoms with Crippen molar-refractivity contribution >= 4 is 0 Å². The second-order valence-electron chi connectivity index (χ2n) is 2.85. The van der Waals surface area contributed by atoms with Gasteiger partial charge in [-0.05, 0) is 18.6 Å². The number of hydrogen-bond donors (Lipinski definition) is 0. The summed E-state index contributed by atoms with van der Waals surface area (Å²) in [6.07, 6.45) is 4.07. The van der Waals surface area contributed by atoms with Crippen LogP contribution in [0.5, 0.6) is 11.6 Å². The van der Waals surface area contributed by atoms with Gasteiger partial charge in [-0.25, -0.2) is 9.97 Å². The summed E-state index contributed by atoms with van der Waals surface area (Å²) in [6, 6.07) is 9.38. The Morgan fingerprint density at radius 1 is 1.29 bits per heavy atom. The zero-order valence-electron chi connectivity index (χ0n) is 7.77. The van der Waals surface area contributed by atoms with Crippen LogP contribution in [0.4, 0.5) is 0 Å². The lowest BCUT2D eigenvalue weighted by molar-refractivity contribution is 0.458. The monoisotopic (exact) mass is 185 g/mol. The van der Waals surface area contributed by atoms with Gasteiger partial charge in [0, 0.05) is 6.07 Å². The summed E-state index contributed by atoms with van der Waals surface area (Å²) >= 11 is 0. The Morgan fingerprint density at radius 2 is 2.14 bits per heavy atom. The molecule has 0 amide bonds. The molecule has 0 fully saturated rings. The molecule has 0 saturated carbocycles. The van der Waals surface area contributed by atoms with E-state index in [0.29, 0.717) is 5.88 Å². The van der Waals surface area contributed by atoms with Crippen LogP contribution in [0.2, 0.25) is 0 Å². The summed E-state index contributed by atoms with van der Waals surface area (Å²) in [7, 11) is 0. The first kappa shape index (κ1) is 8.69. The van der Waals surface area contributed by atoms with Crippen LogP contribution in [0.1, 0.15) is 5.56 Å². The first-order chi connectivity index (χ1) is 6.86. The number of para-hydroxylation sites is 1. The van der Waals surface area contributed by atoms with E-state index >= 15 is 0 Å². The summed E-state index contributed by atoms with van der Waals surface area (Å²) in [5.74, 6) is 1.31. The molecule has 0 saturated heterocycles. The van der Waals surface area contributed by atoms with E-state index in [-0.39, 0.29) is 0 Å². The average molecular weight is 185 g/mol. The summed E-state index contributed by atoms with van der Waals surface area (Å²) in [6.45, 7) is 1.99. The van der Waals surface area contributed by atoms with Gasteiger partial charge in [-0.1, -0.05) is 18.2 Å². The molecule has 69 valence electrons. The molecule has 2 aromatic rings. The molecule has 1 radical (unpaired) electrons. The zero-order chi connectivity index (χ0) is 9.80. The van der Waals surface area contributed by atoms with Crippen LogP contribution < -0.4 is 4.74 Å². The lowest BCUT2D eigenvalue weighted by atomic mass is 10.2. The van der Waals surface area contributed by atoms with Gasteiger partial charge >= 0.3 is 0 Å². The minimum Gasteiger partial charge on any atom is -0.439 e. The van der Waals surface area contributed by atoms with Crippen molar-refractivity contribution in [3.05, 3.63) is 48.4 Å². The number of benzene rings is 1. The number of ether oxygens (including phenoxy) is 1. The van der Waals surface area contributed by atoms with Crippen LogP contribution >= 0.6 is 0 Å². The summed E-state index contributed by atoms with van der Waals surface area (Å²) in [4.78, 5) is 7.64. The molecule has 3 heteroatoms. The Balaban J connectivity index is 2.24. The normalized spacial score (nSPS) is 9.79. The van der Waals surface area contributed by atoms with Gasteiger partial charge in [-0.2, -0.15) is 0 Å². The Hall–Kier alpha value is -1.90. The third-order valence-corrected chi connectivity index (χ3v) is 1.81. The topological polar surface area (TPSA) is 35.0 Å². The SMILES string of the molecule is Cc1ccccc1Oc1c[c]ncn1. The van der Waals surface area contributed by atoms with Crippen LogP contribution in [0.25, 0.3) is 0 Å². The number of rotatable bonds is 2. The maximum Gasteiger partial charge on any atom is 0.222 e. The van der Waals surface area contributed by atoms with Gasteiger partial charge in [0.15, 0.2) is 0 Å². The molecule has 0 aliphatic carbocycles. The molecule has 0 unspecified atom stereocenters. The van der Waals surface area contributed by atoms with Crippen molar-refractivity contribution in [2.24, 2.45) is 0 Å². The molecule has 3 nitrogen and oxygen atoms in total. The Morgan fingerprint density at radius 3 is 2.86 bits per heavy atom. The molecule has 14 heavy (non-hydrogen) atoms. The highest BCUT2D eigenvalue weighted by molar-refractivity contribution is 5.34. The fourth-order valence-corrected chi connectivity index (χ4v) is 1.09. The highest BCUT2D eigenvalue weighted by Gasteiger charge is 1.99. The van der Waals surface area contributed by atoms with Crippen LogP contribution in [0, 0.1) is 13.1 Å². The van der Waals surface area contributed by atoms with E-state index in [1.807, 2.05) is 31.2 Å². The van der Waals surface area contributed by atoms with E-state index < -0.39 is 0 Å². The Kier molecular flexibility index (Phi) is 2.40. The van der Waals surface area contributed by atoms with E-state index in [1.54, 1.807) is 6.07 Å². The standard InChI is InChI=1S/C11H9N2O/c1-9-4-2-3-5-10(9)14-11-6-7-12-8-13-11/h2-6,8H,1H3. The molecular weight excluding hydrogens is 176 g/mol. The van der Waals surface area contributed by atoms with Crippen LogP contribution in [-0.2, 0) is 0 Å². The molecule has 0 atom stereocenters. The third-order valence-electron chi connectivity index (χ3n) is 1.81. The molecule has 0 spiro atoms. The molecular formula is C11H9N2O. The largest absolute Gasteiger partial charge is 0.439 e. The highest BCUT2D eigenvalue weighted by atomic mass is 16.5. The van der Waals surface area contributed by atoms with Crippen LogP contribution in [0.15, 0.2) is 36.7 Å². The summed E-state index contributed by atoms with van der Waals surface area (Å²) in [5.41, 5.74) is 1.08. The number of aromatic nitrogens is 2. The van der Waals surface area contributed by atoms with E-state index in [2.05, 4.69) is 16.2 Å². The second-order valence-corrected chi connectivity index (χ2v) is 2.85. The number of hydrogen-bond acceptors (Lipinski definition) is 3. The first-order valence-corrected chi connectivity index (χ1v) is 4.28. The molecule has 2 rings (SSSR count). The average Bonchev–Trinajstić information content (AvgIpc) is 2.23. The van der Waals surface area contributed by atoms with Gasteiger partial charge in [-0.15, -0.1) is 0 Å². The molecule has 1 aromatic heterocycles. The highest BCUT2D eigenvalue weighted by Crippen LogP contribution is 2.21. The number of aryl methyl sites for hydroxylation is 1. The van der Waals surface area contributed by atoms with Crippen molar-refractivity contribution in [3.63, 3.8) is 0 Å². The lowest BCUT2D eigenvalue weighted by Crippen LogP contribution is -1.89. The predicted octanol–water partition coefficient (Wildman–Crippen LogP) is 2.38. The van der Waals surface area contributed by atoms with Gasteiger partial charge in [-0.3, -0.25) is 0 Å². The third kappa shape index (κ3) is 1.88. The van der Waals surface area contributed by atoms with Gasteiger partial charge in [0.2, 0.25) is 5.88 Å². The predicted molar refractivity (Wildman–Crippen MR) is 52.1 cm³/mol. The second kappa shape index (κ2) is 3.87. The van der Waals surface area contributed by atoms with Gasteiger partial charge in [0.25, 0.3) is 0 Å². The Labute approximate surface area is 82.4 Å². The van der Waals surface area contributed by atoms with E-state index in [4.69, 9.17) is 4.74 Å². The lowest BCUT2D eigenvalue weighted by Gasteiger charge is -2.05. The molecule has 0 aliphatic heterocycles. The van der Waals surface area contributed by atoms with Crippen molar-refractivity contribution in [2.75, 3.05) is 0 Å². The molecule has 0 bridgehead atoms. The summed E-state index contributed by atoms with van der Waals surface area (Å²) in [5, 5.41) is 0. The van der Waals surface area contributed by atoms with Gasteiger partial charge in [0.05, 0.1) is 6.20 Å². The molecule has 0 aliphatic rings. The van der Waals surface area contributed by atoms with Gasteiger partial charge in [0.1, 0.15) is 12.1 Å². The Bertz CT molecular complexity index is 415. The van der Waals surface area contributed by atoms with Crippen molar-refractivity contribution < 1.29 is 4.74 Å². The zero-order valence-corrected chi connectivity index (χ0v) is 7.77. The molecule has 1 heterocycles. The fourth-order valence-electron chi connectivity index (χ4n) is 1.09. The minimum absolute atomic E-state index is 0.509. The van der Waals surface area contributed by atoms with Crippen molar-refractivity contribution in [2.45, 2.75) is 6.92 Å². The van der Waals surface area contributed by atoms with E-state index in [1.165, 1.54) is 6.33 Å².